The van der Waals surface area contributed by atoms with Crippen molar-refractivity contribution in [3.05, 3.63) is 64.5 Å². The van der Waals surface area contributed by atoms with Crippen LogP contribution in [0.25, 0.3) is 10.9 Å². The van der Waals surface area contributed by atoms with E-state index in [2.05, 4.69) is 9.97 Å². The average Bonchev–Trinajstić information content (AvgIpc) is 2.43. The molecule has 2 aromatic heterocycles. The zero-order chi connectivity index (χ0) is 14.1. The number of nitrogen functional groups attached to an aromatic ring is 1. The SMILES string of the molecule is Cc1cncc(Cn2cnc3ccc(N)cc3c2=O)c1. The molecule has 0 aliphatic carbocycles. The Labute approximate surface area is 115 Å². The highest BCUT2D eigenvalue weighted by Gasteiger charge is 2.05. The molecule has 2 N–H and O–H groups in total. The summed E-state index contributed by atoms with van der Waals surface area (Å²) in [6, 6.07) is 7.16. The topological polar surface area (TPSA) is 73.8 Å². The number of hydrogen-bond donors (Lipinski definition) is 1. The summed E-state index contributed by atoms with van der Waals surface area (Å²) >= 11 is 0. The standard InChI is InChI=1S/C15H14N4O/c1-10-4-11(7-17-6-10)8-19-9-18-14-3-2-12(16)5-13(14)15(19)20/h2-7,9H,8,16H2,1H3. The first-order chi connectivity index (χ1) is 9.63. The van der Waals surface area contributed by atoms with E-state index in [1.54, 1.807) is 41.5 Å². The van der Waals surface area contributed by atoms with Crippen molar-refractivity contribution < 1.29 is 0 Å². The molecule has 0 atom stereocenters. The minimum absolute atomic E-state index is 0.0937. The Hall–Kier alpha value is -2.69. The monoisotopic (exact) mass is 266 g/mol. The van der Waals surface area contributed by atoms with Crippen molar-refractivity contribution in [1.29, 1.82) is 0 Å². The molecule has 0 radical (unpaired) electrons. The first-order valence-electron chi connectivity index (χ1n) is 6.29. The highest BCUT2D eigenvalue weighted by Crippen LogP contribution is 2.11. The molecule has 5 heteroatoms. The molecule has 1 aromatic carbocycles. The molecule has 0 unspecified atom stereocenters. The second kappa shape index (κ2) is 4.77. The lowest BCUT2D eigenvalue weighted by atomic mass is 10.2. The van der Waals surface area contributed by atoms with Gasteiger partial charge < -0.3 is 5.73 Å². The minimum Gasteiger partial charge on any atom is -0.399 e. The van der Waals surface area contributed by atoms with Gasteiger partial charge in [0.2, 0.25) is 0 Å². The van der Waals surface area contributed by atoms with Gasteiger partial charge in [0.25, 0.3) is 5.56 Å². The van der Waals surface area contributed by atoms with Gasteiger partial charge in [0.1, 0.15) is 0 Å². The number of nitrogens with two attached hydrogens (primary N) is 1. The van der Waals surface area contributed by atoms with E-state index in [-0.39, 0.29) is 5.56 Å². The number of anilines is 1. The molecule has 0 bridgehead atoms. The summed E-state index contributed by atoms with van der Waals surface area (Å²) in [5, 5.41) is 0.535. The van der Waals surface area contributed by atoms with Gasteiger partial charge in [0, 0.05) is 18.1 Å². The first-order valence-corrected chi connectivity index (χ1v) is 6.29. The van der Waals surface area contributed by atoms with E-state index in [9.17, 15) is 4.79 Å². The summed E-state index contributed by atoms with van der Waals surface area (Å²) in [5.41, 5.74) is 8.89. The molecule has 0 saturated carbocycles. The highest BCUT2D eigenvalue weighted by molar-refractivity contribution is 5.80. The van der Waals surface area contributed by atoms with Crippen LogP contribution >= 0.6 is 0 Å². The Morgan fingerprint density at radius 2 is 2.10 bits per heavy atom. The van der Waals surface area contributed by atoms with Crippen LogP contribution in [0, 0.1) is 6.92 Å². The Balaban J connectivity index is 2.08. The lowest BCUT2D eigenvalue weighted by Gasteiger charge is -2.07. The summed E-state index contributed by atoms with van der Waals surface area (Å²) in [5.74, 6) is 0. The molecule has 5 nitrogen and oxygen atoms in total. The van der Waals surface area contributed by atoms with E-state index < -0.39 is 0 Å². The van der Waals surface area contributed by atoms with Gasteiger partial charge in [-0.1, -0.05) is 6.07 Å². The number of hydrogen-bond acceptors (Lipinski definition) is 4. The van der Waals surface area contributed by atoms with Crippen molar-refractivity contribution in [3.8, 4) is 0 Å². The number of nitrogens with zero attached hydrogens (tertiary/aromatic N) is 3. The minimum atomic E-state index is -0.0937. The molecule has 20 heavy (non-hydrogen) atoms. The number of pyridine rings is 1. The molecule has 0 saturated heterocycles. The van der Waals surface area contributed by atoms with Gasteiger partial charge in [0.05, 0.1) is 23.8 Å². The third-order valence-electron chi connectivity index (χ3n) is 3.13. The number of aromatic nitrogens is 3. The van der Waals surface area contributed by atoms with E-state index in [4.69, 9.17) is 5.73 Å². The molecular formula is C15H14N4O. The molecule has 0 amide bonds. The largest absolute Gasteiger partial charge is 0.399 e. The summed E-state index contributed by atoms with van der Waals surface area (Å²) in [4.78, 5) is 20.8. The Kier molecular flexibility index (Phi) is 2.95. The quantitative estimate of drug-likeness (QED) is 0.717. The second-order valence-electron chi connectivity index (χ2n) is 4.82. The maximum Gasteiger partial charge on any atom is 0.261 e. The molecule has 3 rings (SSSR count). The second-order valence-corrected chi connectivity index (χ2v) is 4.82. The van der Waals surface area contributed by atoms with Crippen LogP contribution in [-0.4, -0.2) is 14.5 Å². The number of fused-ring (bicyclic) bond motifs is 1. The third-order valence-corrected chi connectivity index (χ3v) is 3.13. The average molecular weight is 266 g/mol. The van der Waals surface area contributed by atoms with Crippen LogP contribution in [0.15, 0.2) is 47.8 Å². The highest BCUT2D eigenvalue weighted by atomic mass is 16.1. The van der Waals surface area contributed by atoms with Crippen LogP contribution in [-0.2, 0) is 6.54 Å². The van der Waals surface area contributed by atoms with Crippen molar-refractivity contribution in [2.24, 2.45) is 0 Å². The molecular weight excluding hydrogens is 252 g/mol. The van der Waals surface area contributed by atoms with Gasteiger partial charge in [-0.3, -0.25) is 14.3 Å². The van der Waals surface area contributed by atoms with Gasteiger partial charge >= 0.3 is 0 Å². The summed E-state index contributed by atoms with van der Waals surface area (Å²) in [6.07, 6.45) is 5.10. The number of aryl methyl sites for hydroxylation is 1. The molecule has 0 fully saturated rings. The molecule has 0 spiro atoms. The smallest absolute Gasteiger partial charge is 0.261 e. The van der Waals surface area contributed by atoms with E-state index in [1.807, 2.05) is 13.0 Å². The van der Waals surface area contributed by atoms with Crippen molar-refractivity contribution in [3.63, 3.8) is 0 Å². The van der Waals surface area contributed by atoms with Crippen LogP contribution in [0.5, 0.6) is 0 Å². The molecule has 2 heterocycles. The Bertz CT molecular complexity index is 839. The Morgan fingerprint density at radius 1 is 1.25 bits per heavy atom. The van der Waals surface area contributed by atoms with Crippen molar-refractivity contribution in [2.75, 3.05) is 5.73 Å². The van der Waals surface area contributed by atoms with Crippen molar-refractivity contribution in [1.82, 2.24) is 14.5 Å². The summed E-state index contributed by atoms with van der Waals surface area (Å²) in [6.45, 7) is 2.42. The van der Waals surface area contributed by atoms with E-state index in [0.29, 0.717) is 23.1 Å². The predicted molar refractivity (Wildman–Crippen MR) is 78.5 cm³/mol. The predicted octanol–water partition coefficient (Wildman–Crippen LogP) is 1.73. The zero-order valence-electron chi connectivity index (χ0n) is 11.1. The normalized spacial score (nSPS) is 10.8. The van der Waals surface area contributed by atoms with Crippen molar-refractivity contribution >= 4 is 16.6 Å². The van der Waals surface area contributed by atoms with Gasteiger partial charge in [0.15, 0.2) is 0 Å². The van der Waals surface area contributed by atoms with Crippen LogP contribution in [0.3, 0.4) is 0 Å². The van der Waals surface area contributed by atoms with Crippen LogP contribution in [0.2, 0.25) is 0 Å². The van der Waals surface area contributed by atoms with Crippen LogP contribution < -0.4 is 11.3 Å². The summed E-state index contributed by atoms with van der Waals surface area (Å²) in [7, 11) is 0. The maximum atomic E-state index is 12.4. The molecule has 0 aliphatic heterocycles. The lowest BCUT2D eigenvalue weighted by molar-refractivity contribution is 0.745. The Morgan fingerprint density at radius 3 is 2.90 bits per heavy atom. The van der Waals surface area contributed by atoms with Crippen molar-refractivity contribution in [2.45, 2.75) is 13.5 Å². The van der Waals surface area contributed by atoms with Crippen LogP contribution in [0.1, 0.15) is 11.1 Å². The lowest BCUT2D eigenvalue weighted by Crippen LogP contribution is -2.21. The van der Waals surface area contributed by atoms with Gasteiger partial charge in [-0.15, -0.1) is 0 Å². The van der Waals surface area contributed by atoms with E-state index in [0.717, 1.165) is 11.1 Å². The van der Waals surface area contributed by atoms with Gasteiger partial charge in [-0.25, -0.2) is 4.98 Å². The molecule has 0 aliphatic rings. The molecule has 3 aromatic rings. The number of benzene rings is 1. The van der Waals surface area contributed by atoms with E-state index >= 15 is 0 Å². The zero-order valence-corrected chi connectivity index (χ0v) is 11.1. The fourth-order valence-electron chi connectivity index (χ4n) is 2.19. The summed E-state index contributed by atoms with van der Waals surface area (Å²) < 4.78 is 1.57. The van der Waals surface area contributed by atoms with Crippen LogP contribution in [0.4, 0.5) is 5.69 Å². The van der Waals surface area contributed by atoms with Gasteiger partial charge in [-0.2, -0.15) is 0 Å². The van der Waals surface area contributed by atoms with Gasteiger partial charge in [-0.05, 0) is 36.2 Å². The fourth-order valence-corrected chi connectivity index (χ4v) is 2.19. The first kappa shape index (κ1) is 12.3. The number of rotatable bonds is 2. The third kappa shape index (κ3) is 2.25. The fraction of sp³-hybridized carbons (Fsp3) is 0.133. The molecule has 100 valence electrons. The maximum absolute atomic E-state index is 12.4. The van der Waals surface area contributed by atoms with E-state index in [1.165, 1.54) is 0 Å².